The standard InChI is InChI=1S/C22H19ClN4OS/c23-21-17(27-13-4-3-9-19(27)25-21)10-11-20(28)26-12-5-6-15(14-26)22-24-16-7-1-2-8-18(16)29-22/h1-4,7-11,13,15H,5-6,12,14H2/b11-10+. The number of pyridine rings is 1. The molecule has 1 amide bonds. The topological polar surface area (TPSA) is 50.5 Å². The second-order valence-corrected chi connectivity index (χ2v) is 8.61. The Bertz CT molecular complexity index is 1190. The lowest BCUT2D eigenvalue weighted by molar-refractivity contribution is -0.127. The number of piperidine rings is 1. The predicted molar refractivity (Wildman–Crippen MR) is 117 cm³/mol. The van der Waals surface area contributed by atoms with Gasteiger partial charge in [-0.3, -0.25) is 9.20 Å². The van der Waals surface area contributed by atoms with Gasteiger partial charge in [-0.2, -0.15) is 0 Å². The van der Waals surface area contributed by atoms with Crippen molar-refractivity contribution >= 4 is 50.8 Å². The van der Waals surface area contributed by atoms with Crippen molar-refractivity contribution in [3.8, 4) is 0 Å². The van der Waals surface area contributed by atoms with Crippen LogP contribution in [0.3, 0.4) is 0 Å². The van der Waals surface area contributed by atoms with Crippen LogP contribution in [0.2, 0.25) is 5.15 Å². The molecule has 1 saturated heterocycles. The third-order valence-electron chi connectivity index (χ3n) is 5.30. The zero-order valence-corrected chi connectivity index (χ0v) is 17.2. The first-order valence-electron chi connectivity index (χ1n) is 9.64. The van der Waals surface area contributed by atoms with E-state index in [0.29, 0.717) is 11.7 Å². The molecule has 5 rings (SSSR count). The van der Waals surface area contributed by atoms with Gasteiger partial charge in [0.1, 0.15) is 5.65 Å². The van der Waals surface area contributed by atoms with Crippen LogP contribution in [0.15, 0.2) is 54.7 Å². The quantitative estimate of drug-likeness (QED) is 0.436. The first kappa shape index (κ1) is 18.3. The van der Waals surface area contributed by atoms with Gasteiger partial charge in [-0.25, -0.2) is 9.97 Å². The van der Waals surface area contributed by atoms with Crippen LogP contribution in [-0.2, 0) is 4.79 Å². The minimum Gasteiger partial charge on any atom is -0.338 e. The van der Waals surface area contributed by atoms with Gasteiger partial charge in [-0.1, -0.05) is 29.8 Å². The number of imidazole rings is 1. The van der Waals surface area contributed by atoms with E-state index < -0.39 is 0 Å². The van der Waals surface area contributed by atoms with Crippen molar-refractivity contribution in [2.24, 2.45) is 0 Å². The summed E-state index contributed by atoms with van der Waals surface area (Å²) in [6, 6.07) is 13.9. The van der Waals surface area contributed by atoms with Crippen molar-refractivity contribution in [1.29, 1.82) is 0 Å². The molecule has 0 radical (unpaired) electrons. The molecule has 0 spiro atoms. The Balaban J connectivity index is 1.34. The predicted octanol–water partition coefficient (Wildman–Crippen LogP) is 5.02. The molecule has 1 aromatic carbocycles. The van der Waals surface area contributed by atoms with Crippen LogP contribution in [0.4, 0.5) is 0 Å². The number of benzene rings is 1. The first-order chi connectivity index (χ1) is 14.2. The van der Waals surface area contributed by atoms with Crippen molar-refractivity contribution in [2.75, 3.05) is 13.1 Å². The van der Waals surface area contributed by atoms with E-state index in [9.17, 15) is 4.79 Å². The highest BCUT2D eigenvalue weighted by atomic mass is 35.5. The van der Waals surface area contributed by atoms with Gasteiger partial charge in [0.2, 0.25) is 5.91 Å². The van der Waals surface area contributed by atoms with Gasteiger partial charge < -0.3 is 4.90 Å². The highest BCUT2D eigenvalue weighted by molar-refractivity contribution is 7.18. The van der Waals surface area contributed by atoms with E-state index in [1.165, 1.54) is 4.70 Å². The summed E-state index contributed by atoms with van der Waals surface area (Å²) in [6.45, 7) is 1.47. The summed E-state index contributed by atoms with van der Waals surface area (Å²) >= 11 is 8.00. The molecule has 4 heterocycles. The van der Waals surface area contributed by atoms with Crippen LogP contribution >= 0.6 is 22.9 Å². The van der Waals surface area contributed by atoms with Crippen LogP contribution in [0.1, 0.15) is 29.5 Å². The summed E-state index contributed by atoms with van der Waals surface area (Å²) in [5.74, 6) is 0.288. The Morgan fingerprint density at radius 3 is 2.93 bits per heavy atom. The largest absolute Gasteiger partial charge is 0.338 e. The monoisotopic (exact) mass is 422 g/mol. The summed E-state index contributed by atoms with van der Waals surface area (Å²) in [5.41, 5.74) is 2.52. The second-order valence-electron chi connectivity index (χ2n) is 7.19. The average Bonchev–Trinajstić information content (AvgIpc) is 3.32. The molecule has 0 aliphatic carbocycles. The molecular weight excluding hydrogens is 404 g/mol. The molecule has 3 aromatic heterocycles. The van der Waals surface area contributed by atoms with E-state index in [1.807, 2.05) is 51.9 Å². The Labute approximate surface area is 177 Å². The molecule has 1 fully saturated rings. The SMILES string of the molecule is O=C(/C=C/c1c(Cl)nc2ccccn12)N1CCCC(c2nc3ccccc3s2)C1. The van der Waals surface area contributed by atoms with Crippen molar-refractivity contribution in [3.05, 3.63) is 70.6 Å². The number of likely N-dealkylation sites (tertiary alicyclic amines) is 1. The molecule has 0 bridgehead atoms. The van der Waals surface area contributed by atoms with Crippen LogP contribution in [0.5, 0.6) is 0 Å². The molecule has 1 atom stereocenters. The highest BCUT2D eigenvalue weighted by Gasteiger charge is 2.26. The number of rotatable bonds is 3. The first-order valence-corrected chi connectivity index (χ1v) is 10.8. The van der Waals surface area contributed by atoms with Gasteiger partial charge in [0.05, 0.1) is 20.9 Å². The number of hydrogen-bond acceptors (Lipinski definition) is 4. The van der Waals surface area contributed by atoms with Gasteiger partial charge in [0.25, 0.3) is 0 Å². The lowest BCUT2D eigenvalue weighted by Crippen LogP contribution is -2.38. The molecule has 7 heteroatoms. The molecule has 5 nitrogen and oxygen atoms in total. The van der Waals surface area contributed by atoms with Crippen LogP contribution < -0.4 is 0 Å². The van der Waals surface area contributed by atoms with E-state index in [4.69, 9.17) is 16.6 Å². The van der Waals surface area contributed by atoms with Crippen molar-refractivity contribution in [3.63, 3.8) is 0 Å². The zero-order chi connectivity index (χ0) is 19.8. The molecule has 1 aliphatic heterocycles. The zero-order valence-electron chi connectivity index (χ0n) is 15.7. The fraction of sp³-hybridized carbons (Fsp3) is 0.227. The maximum absolute atomic E-state index is 12.8. The molecule has 29 heavy (non-hydrogen) atoms. The Morgan fingerprint density at radius 1 is 1.17 bits per heavy atom. The van der Waals surface area contributed by atoms with Gasteiger partial charge in [0.15, 0.2) is 5.15 Å². The number of carbonyl (C=O) groups excluding carboxylic acids is 1. The number of hydrogen-bond donors (Lipinski definition) is 0. The lowest BCUT2D eigenvalue weighted by atomic mass is 9.98. The maximum atomic E-state index is 12.8. The lowest BCUT2D eigenvalue weighted by Gasteiger charge is -2.31. The Morgan fingerprint density at radius 2 is 2.03 bits per heavy atom. The van der Waals surface area contributed by atoms with Gasteiger partial charge >= 0.3 is 0 Å². The summed E-state index contributed by atoms with van der Waals surface area (Å²) in [6.07, 6.45) is 7.29. The fourth-order valence-electron chi connectivity index (χ4n) is 3.83. The van der Waals surface area contributed by atoms with Gasteiger partial charge in [-0.05, 0) is 43.2 Å². The molecule has 1 aliphatic rings. The molecule has 1 unspecified atom stereocenters. The van der Waals surface area contributed by atoms with Crippen molar-refractivity contribution in [1.82, 2.24) is 19.3 Å². The number of carbonyl (C=O) groups is 1. The number of amides is 1. The minimum atomic E-state index is -0.00208. The summed E-state index contributed by atoms with van der Waals surface area (Å²) in [5, 5.41) is 1.52. The summed E-state index contributed by atoms with van der Waals surface area (Å²) in [7, 11) is 0. The minimum absolute atomic E-state index is 0.00208. The van der Waals surface area contributed by atoms with E-state index in [2.05, 4.69) is 11.1 Å². The summed E-state index contributed by atoms with van der Waals surface area (Å²) in [4.78, 5) is 23.9. The molecule has 4 aromatic rings. The number of halogens is 1. The second kappa shape index (κ2) is 7.61. The Hall–Kier alpha value is -2.70. The van der Waals surface area contributed by atoms with E-state index in [0.717, 1.165) is 41.3 Å². The third kappa shape index (κ3) is 3.54. The van der Waals surface area contributed by atoms with Crippen LogP contribution in [-0.4, -0.2) is 38.3 Å². The highest BCUT2D eigenvalue weighted by Crippen LogP contribution is 2.33. The molecule has 0 N–H and O–H groups in total. The van der Waals surface area contributed by atoms with Crippen LogP contribution in [0.25, 0.3) is 21.9 Å². The van der Waals surface area contributed by atoms with E-state index in [1.54, 1.807) is 23.5 Å². The van der Waals surface area contributed by atoms with E-state index in [-0.39, 0.29) is 11.8 Å². The molecule has 146 valence electrons. The third-order valence-corrected chi connectivity index (χ3v) is 6.78. The molecule has 0 saturated carbocycles. The summed E-state index contributed by atoms with van der Waals surface area (Å²) < 4.78 is 3.08. The van der Waals surface area contributed by atoms with Crippen LogP contribution in [0, 0.1) is 0 Å². The Kier molecular flexibility index (Phi) is 4.81. The number of nitrogens with zero attached hydrogens (tertiary/aromatic N) is 4. The smallest absolute Gasteiger partial charge is 0.246 e. The van der Waals surface area contributed by atoms with Crippen molar-refractivity contribution in [2.45, 2.75) is 18.8 Å². The molecular formula is C22H19ClN4OS. The fourth-order valence-corrected chi connectivity index (χ4v) is 5.17. The van der Waals surface area contributed by atoms with Gasteiger partial charge in [0, 0.05) is 31.3 Å². The van der Waals surface area contributed by atoms with Crippen molar-refractivity contribution < 1.29 is 4.79 Å². The number of para-hydroxylation sites is 1. The van der Waals surface area contributed by atoms with Gasteiger partial charge in [-0.15, -0.1) is 11.3 Å². The maximum Gasteiger partial charge on any atom is 0.246 e. The number of aromatic nitrogens is 3. The van der Waals surface area contributed by atoms with E-state index >= 15 is 0 Å². The number of fused-ring (bicyclic) bond motifs is 2. The number of thiazole rings is 1. The normalized spacial score (nSPS) is 17.6. The average molecular weight is 423 g/mol.